The van der Waals surface area contributed by atoms with Crippen LogP contribution in [0.4, 0.5) is 0 Å². The molecule has 0 heterocycles. The Balaban J connectivity index is 2.35. The van der Waals surface area contributed by atoms with Crippen molar-refractivity contribution in [2.75, 3.05) is 7.11 Å². The lowest BCUT2D eigenvalue weighted by Gasteiger charge is -2.12. The van der Waals surface area contributed by atoms with Gasteiger partial charge in [0, 0.05) is 11.0 Å². The van der Waals surface area contributed by atoms with Crippen LogP contribution in [-0.2, 0) is 6.54 Å². The maximum Gasteiger partial charge on any atom is 0.143 e. The highest BCUT2D eigenvalue weighted by atomic mass is 79.9. The standard InChI is InChI=1S/C14H12Br3NO2/c1-19-13-5-12(17)14(6-11(13)16)20-10-3-8(7-18)2-9(15)4-10/h2-6H,7,18H2,1H3. The normalized spacial score (nSPS) is 10.4. The molecule has 20 heavy (non-hydrogen) atoms. The number of halogens is 3. The highest BCUT2D eigenvalue weighted by Gasteiger charge is 2.10. The maximum absolute atomic E-state index is 5.89. The monoisotopic (exact) mass is 463 g/mol. The van der Waals surface area contributed by atoms with Gasteiger partial charge in [0.2, 0.25) is 0 Å². The predicted molar refractivity (Wildman–Crippen MR) is 90.5 cm³/mol. The fraction of sp³-hybridized carbons (Fsp3) is 0.143. The number of methoxy groups -OCH3 is 1. The van der Waals surface area contributed by atoms with E-state index < -0.39 is 0 Å². The highest BCUT2D eigenvalue weighted by Crippen LogP contribution is 2.38. The summed E-state index contributed by atoms with van der Waals surface area (Å²) in [6.45, 7) is 0.462. The Labute approximate surface area is 142 Å². The van der Waals surface area contributed by atoms with Gasteiger partial charge in [0.1, 0.15) is 17.2 Å². The molecule has 3 nitrogen and oxygen atoms in total. The molecule has 0 aromatic heterocycles. The van der Waals surface area contributed by atoms with Crippen LogP contribution < -0.4 is 15.2 Å². The van der Waals surface area contributed by atoms with Crippen molar-refractivity contribution in [2.24, 2.45) is 5.73 Å². The van der Waals surface area contributed by atoms with Gasteiger partial charge in [-0.25, -0.2) is 0 Å². The van der Waals surface area contributed by atoms with E-state index in [-0.39, 0.29) is 0 Å². The van der Waals surface area contributed by atoms with Crippen LogP contribution in [0.15, 0.2) is 43.7 Å². The largest absolute Gasteiger partial charge is 0.496 e. The fourth-order valence-electron chi connectivity index (χ4n) is 1.67. The second-order valence-corrected chi connectivity index (χ2v) is 6.64. The second kappa shape index (κ2) is 6.93. The first-order chi connectivity index (χ1) is 9.53. The average Bonchev–Trinajstić information content (AvgIpc) is 2.41. The van der Waals surface area contributed by atoms with Crippen molar-refractivity contribution in [3.8, 4) is 17.2 Å². The summed E-state index contributed by atoms with van der Waals surface area (Å²) >= 11 is 10.4. The van der Waals surface area contributed by atoms with Gasteiger partial charge < -0.3 is 15.2 Å². The third-order valence-corrected chi connectivity index (χ3v) is 4.30. The summed E-state index contributed by atoms with van der Waals surface area (Å²) in [5.74, 6) is 2.15. The minimum absolute atomic E-state index is 0.462. The Hall–Kier alpha value is -0.560. The molecule has 0 radical (unpaired) electrons. The van der Waals surface area contributed by atoms with E-state index in [0.717, 1.165) is 30.5 Å². The molecule has 0 amide bonds. The van der Waals surface area contributed by atoms with Crippen molar-refractivity contribution in [1.29, 1.82) is 0 Å². The smallest absolute Gasteiger partial charge is 0.143 e. The molecule has 0 bridgehead atoms. The molecule has 0 aliphatic carbocycles. The molecule has 0 aliphatic heterocycles. The maximum atomic E-state index is 5.89. The summed E-state index contributed by atoms with van der Waals surface area (Å²) in [5, 5.41) is 0. The topological polar surface area (TPSA) is 44.5 Å². The minimum atomic E-state index is 0.462. The lowest BCUT2D eigenvalue weighted by molar-refractivity contribution is 0.409. The Kier molecular flexibility index (Phi) is 5.49. The summed E-state index contributed by atoms with van der Waals surface area (Å²) in [6.07, 6.45) is 0. The van der Waals surface area contributed by atoms with Crippen molar-refractivity contribution < 1.29 is 9.47 Å². The number of rotatable bonds is 4. The summed E-state index contributed by atoms with van der Waals surface area (Å²) in [7, 11) is 1.62. The third-order valence-electron chi connectivity index (χ3n) is 2.60. The van der Waals surface area contributed by atoms with E-state index in [0.29, 0.717) is 12.3 Å². The first-order valence-electron chi connectivity index (χ1n) is 5.74. The molecule has 0 fully saturated rings. The number of nitrogens with two attached hydrogens (primary N) is 1. The summed E-state index contributed by atoms with van der Waals surface area (Å²) < 4.78 is 13.7. The minimum Gasteiger partial charge on any atom is -0.496 e. The van der Waals surface area contributed by atoms with E-state index in [4.69, 9.17) is 15.2 Å². The van der Waals surface area contributed by atoms with E-state index in [2.05, 4.69) is 47.8 Å². The molecule has 0 unspecified atom stereocenters. The van der Waals surface area contributed by atoms with Crippen molar-refractivity contribution >= 4 is 47.8 Å². The van der Waals surface area contributed by atoms with Gasteiger partial charge in [0.25, 0.3) is 0 Å². The van der Waals surface area contributed by atoms with Crippen LogP contribution in [0.1, 0.15) is 5.56 Å². The zero-order chi connectivity index (χ0) is 14.7. The van der Waals surface area contributed by atoms with Gasteiger partial charge in [-0.3, -0.25) is 0 Å². The Morgan fingerprint density at radius 2 is 1.60 bits per heavy atom. The van der Waals surface area contributed by atoms with Gasteiger partial charge in [-0.15, -0.1) is 0 Å². The summed E-state index contributed by atoms with van der Waals surface area (Å²) in [4.78, 5) is 0. The average molecular weight is 466 g/mol. The van der Waals surface area contributed by atoms with Crippen LogP contribution in [0.2, 0.25) is 0 Å². The molecule has 2 aromatic rings. The van der Waals surface area contributed by atoms with Crippen LogP contribution in [-0.4, -0.2) is 7.11 Å². The van der Waals surface area contributed by atoms with E-state index in [1.54, 1.807) is 7.11 Å². The van der Waals surface area contributed by atoms with Gasteiger partial charge in [-0.1, -0.05) is 15.9 Å². The molecule has 0 atom stereocenters. The highest BCUT2D eigenvalue weighted by molar-refractivity contribution is 9.11. The van der Waals surface area contributed by atoms with E-state index in [1.807, 2.05) is 30.3 Å². The number of hydrogen-bond acceptors (Lipinski definition) is 3. The third kappa shape index (κ3) is 3.75. The molecule has 0 spiro atoms. The van der Waals surface area contributed by atoms with Gasteiger partial charge in [-0.2, -0.15) is 0 Å². The lowest BCUT2D eigenvalue weighted by Crippen LogP contribution is -1.97. The van der Waals surface area contributed by atoms with Crippen LogP contribution in [0.5, 0.6) is 17.2 Å². The molecule has 2 rings (SSSR count). The predicted octanol–water partition coefficient (Wildman–Crippen LogP) is 5.23. The molecular weight excluding hydrogens is 454 g/mol. The number of hydrogen-bond donors (Lipinski definition) is 1. The van der Waals surface area contributed by atoms with Crippen molar-refractivity contribution in [2.45, 2.75) is 6.54 Å². The molecule has 2 N–H and O–H groups in total. The molecule has 0 saturated heterocycles. The molecule has 106 valence electrons. The summed E-state index contributed by atoms with van der Waals surface area (Å²) in [6, 6.07) is 9.47. The van der Waals surface area contributed by atoms with E-state index >= 15 is 0 Å². The Bertz CT molecular complexity index is 632. The van der Waals surface area contributed by atoms with Crippen molar-refractivity contribution in [3.63, 3.8) is 0 Å². The van der Waals surface area contributed by atoms with Gasteiger partial charge >= 0.3 is 0 Å². The fourth-order valence-corrected chi connectivity index (χ4v) is 3.08. The number of benzene rings is 2. The van der Waals surface area contributed by atoms with Crippen molar-refractivity contribution in [1.82, 2.24) is 0 Å². The van der Waals surface area contributed by atoms with Crippen LogP contribution in [0, 0.1) is 0 Å². The van der Waals surface area contributed by atoms with E-state index in [9.17, 15) is 0 Å². The quantitative estimate of drug-likeness (QED) is 0.672. The summed E-state index contributed by atoms with van der Waals surface area (Å²) in [5.41, 5.74) is 6.66. The second-order valence-electron chi connectivity index (χ2n) is 4.02. The zero-order valence-electron chi connectivity index (χ0n) is 10.6. The van der Waals surface area contributed by atoms with Crippen LogP contribution in [0.3, 0.4) is 0 Å². The van der Waals surface area contributed by atoms with Gasteiger partial charge in [0.15, 0.2) is 0 Å². The van der Waals surface area contributed by atoms with E-state index in [1.165, 1.54) is 0 Å². The molecule has 6 heteroatoms. The molecular formula is C14H12Br3NO2. The van der Waals surface area contributed by atoms with Crippen LogP contribution in [0.25, 0.3) is 0 Å². The lowest BCUT2D eigenvalue weighted by atomic mass is 10.2. The SMILES string of the molecule is COc1cc(Br)c(Oc2cc(Br)cc(CN)c2)cc1Br. The van der Waals surface area contributed by atoms with Crippen molar-refractivity contribution in [3.05, 3.63) is 49.3 Å². The van der Waals surface area contributed by atoms with Gasteiger partial charge in [0.05, 0.1) is 16.1 Å². The number of ether oxygens (including phenoxy) is 2. The molecule has 0 saturated carbocycles. The molecule has 0 aliphatic rings. The first kappa shape index (κ1) is 15.8. The zero-order valence-corrected chi connectivity index (χ0v) is 15.4. The molecule has 2 aromatic carbocycles. The Morgan fingerprint density at radius 3 is 2.25 bits per heavy atom. The van der Waals surface area contributed by atoms with Gasteiger partial charge in [-0.05, 0) is 67.8 Å². The first-order valence-corrected chi connectivity index (χ1v) is 8.12. The Morgan fingerprint density at radius 1 is 0.950 bits per heavy atom. The van der Waals surface area contributed by atoms with Crippen LogP contribution >= 0.6 is 47.8 Å².